The summed E-state index contributed by atoms with van der Waals surface area (Å²) in [7, 11) is 0. The topological polar surface area (TPSA) is 82.5 Å². The largest absolute Gasteiger partial charge is 0.416 e. The Labute approximate surface area is 179 Å². The molecule has 1 aromatic heterocycles. The SMILES string of the molecule is O=C(c1c[nH]c2cc(Cl)ccc12)N1CCN(c2ccc(C(F)(F)F)cc2[N+](=O)[O-])CC1. The zero-order valence-corrected chi connectivity index (χ0v) is 16.7. The lowest BCUT2D eigenvalue weighted by molar-refractivity contribution is -0.384. The zero-order chi connectivity index (χ0) is 22.3. The van der Waals surface area contributed by atoms with Gasteiger partial charge in [0, 0.05) is 54.4 Å². The van der Waals surface area contributed by atoms with E-state index < -0.39 is 22.4 Å². The maximum absolute atomic E-state index is 13.0. The van der Waals surface area contributed by atoms with Gasteiger partial charge in [-0.05, 0) is 24.3 Å². The van der Waals surface area contributed by atoms with E-state index in [0.717, 1.165) is 23.0 Å². The van der Waals surface area contributed by atoms with Crippen LogP contribution in [0.4, 0.5) is 24.5 Å². The highest BCUT2D eigenvalue weighted by molar-refractivity contribution is 6.31. The van der Waals surface area contributed by atoms with E-state index in [-0.39, 0.29) is 37.8 Å². The molecule has 162 valence electrons. The molecule has 0 atom stereocenters. The number of aromatic nitrogens is 1. The number of nitro groups is 1. The van der Waals surface area contributed by atoms with Gasteiger partial charge in [-0.1, -0.05) is 17.7 Å². The first-order valence-corrected chi connectivity index (χ1v) is 9.69. The number of anilines is 1. The molecule has 0 aliphatic carbocycles. The van der Waals surface area contributed by atoms with E-state index >= 15 is 0 Å². The molecule has 11 heteroatoms. The molecule has 31 heavy (non-hydrogen) atoms. The van der Waals surface area contributed by atoms with Gasteiger partial charge in [0.05, 0.1) is 16.1 Å². The van der Waals surface area contributed by atoms with Gasteiger partial charge in [0.25, 0.3) is 11.6 Å². The third kappa shape index (κ3) is 4.02. The second-order valence-corrected chi connectivity index (χ2v) is 7.57. The van der Waals surface area contributed by atoms with Gasteiger partial charge in [-0.15, -0.1) is 0 Å². The number of H-pyrrole nitrogens is 1. The summed E-state index contributed by atoms with van der Waals surface area (Å²) in [5.41, 5.74) is -0.360. The molecular formula is C20H16ClF3N4O3. The highest BCUT2D eigenvalue weighted by Gasteiger charge is 2.34. The highest BCUT2D eigenvalue weighted by Crippen LogP contribution is 2.37. The summed E-state index contributed by atoms with van der Waals surface area (Å²) in [5.74, 6) is -0.199. The number of nitro benzene ring substituents is 1. The van der Waals surface area contributed by atoms with Gasteiger partial charge in [-0.2, -0.15) is 13.2 Å². The van der Waals surface area contributed by atoms with Crippen molar-refractivity contribution in [3.05, 3.63) is 68.9 Å². The first-order valence-electron chi connectivity index (χ1n) is 9.31. The Morgan fingerprint density at radius 3 is 2.45 bits per heavy atom. The molecule has 3 aromatic rings. The lowest BCUT2D eigenvalue weighted by Gasteiger charge is -2.35. The number of hydrogen-bond donors (Lipinski definition) is 1. The molecule has 1 aliphatic rings. The summed E-state index contributed by atoms with van der Waals surface area (Å²) >= 11 is 5.97. The van der Waals surface area contributed by atoms with E-state index in [2.05, 4.69) is 4.98 Å². The van der Waals surface area contributed by atoms with Gasteiger partial charge in [0.2, 0.25) is 0 Å². The number of piperazine rings is 1. The minimum Gasteiger partial charge on any atom is -0.362 e. The van der Waals surface area contributed by atoms with Crippen molar-refractivity contribution < 1.29 is 22.9 Å². The minimum atomic E-state index is -4.67. The van der Waals surface area contributed by atoms with Crippen LogP contribution in [-0.2, 0) is 6.18 Å². The molecule has 2 aromatic carbocycles. The summed E-state index contributed by atoms with van der Waals surface area (Å²) in [6.45, 7) is 1.06. The first-order chi connectivity index (χ1) is 14.6. The molecule has 0 bridgehead atoms. The number of halogens is 4. The van der Waals surface area contributed by atoms with Crippen LogP contribution in [0.1, 0.15) is 15.9 Å². The van der Waals surface area contributed by atoms with Crippen LogP contribution in [0.15, 0.2) is 42.6 Å². The third-order valence-electron chi connectivity index (χ3n) is 5.28. The Kier molecular flexibility index (Phi) is 5.26. The van der Waals surface area contributed by atoms with E-state index in [1.807, 2.05) is 0 Å². The molecule has 1 N–H and O–H groups in total. The van der Waals surface area contributed by atoms with Crippen LogP contribution in [0.5, 0.6) is 0 Å². The summed E-state index contributed by atoms with van der Waals surface area (Å²) in [6, 6.07) is 7.65. The van der Waals surface area contributed by atoms with E-state index in [0.29, 0.717) is 16.7 Å². The fourth-order valence-electron chi connectivity index (χ4n) is 3.71. The number of amides is 1. The maximum atomic E-state index is 13.0. The smallest absolute Gasteiger partial charge is 0.362 e. The van der Waals surface area contributed by atoms with Crippen molar-refractivity contribution >= 4 is 39.8 Å². The molecule has 2 heterocycles. The third-order valence-corrected chi connectivity index (χ3v) is 5.52. The Morgan fingerprint density at radius 2 is 1.81 bits per heavy atom. The number of benzene rings is 2. The van der Waals surface area contributed by atoms with Crippen LogP contribution in [0, 0.1) is 10.1 Å². The Morgan fingerprint density at radius 1 is 1.10 bits per heavy atom. The number of hydrogen-bond acceptors (Lipinski definition) is 4. The zero-order valence-electron chi connectivity index (χ0n) is 15.9. The molecule has 7 nitrogen and oxygen atoms in total. The standard InChI is InChI=1S/C20H16ClF3N4O3/c21-13-2-3-14-15(11-25-16(14)10-13)19(29)27-7-5-26(6-8-27)17-4-1-12(20(22,23)24)9-18(17)28(30)31/h1-4,9-11,25H,5-8H2. The quantitative estimate of drug-likeness (QED) is 0.461. The van der Waals surface area contributed by atoms with E-state index in [9.17, 15) is 28.1 Å². The number of rotatable bonds is 3. The van der Waals surface area contributed by atoms with Crippen molar-refractivity contribution in [3.8, 4) is 0 Å². The summed E-state index contributed by atoms with van der Waals surface area (Å²) in [4.78, 5) is 29.7. The molecule has 0 radical (unpaired) electrons. The Balaban J connectivity index is 1.52. The van der Waals surface area contributed by atoms with Gasteiger partial charge >= 0.3 is 6.18 Å². The van der Waals surface area contributed by atoms with E-state index in [1.54, 1.807) is 34.2 Å². The van der Waals surface area contributed by atoms with Gasteiger partial charge in [0.1, 0.15) is 5.69 Å². The van der Waals surface area contributed by atoms with Gasteiger partial charge in [-0.25, -0.2) is 0 Å². The molecule has 1 saturated heterocycles. The van der Waals surface area contributed by atoms with Crippen molar-refractivity contribution in [1.82, 2.24) is 9.88 Å². The van der Waals surface area contributed by atoms with Gasteiger partial charge in [-0.3, -0.25) is 14.9 Å². The predicted molar refractivity (Wildman–Crippen MR) is 110 cm³/mol. The normalized spacial score (nSPS) is 14.8. The highest BCUT2D eigenvalue weighted by atomic mass is 35.5. The second-order valence-electron chi connectivity index (χ2n) is 7.13. The summed E-state index contributed by atoms with van der Waals surface area (Å²) < 4.78 is 38.8. The van der Waals surface area contributed by atoms with Gasteiger partial charge < -0.3 is 14.8 Å². The fraction of sp³-hybridized carbons (Fsp3) is 0.250. The van der Waals surface area contributed by atoms with Crippen LogP contribution < -0.4 is 4.90 Å². The van der Waals surface area contributed by atoms with Crippen molar-refractivity contribution in [2.45, 2.75) is 6.18 Å². The average Bonchev–Trinajstić information content (AvgIpc) is 3.15. The van der Waals surface area contributed by atoms with Crippen LogP contribution in [-0.4, -0.2) is 46.9 Å². The van der Waals surface area contributed by atoms with Crippen LogP contribution >= 0.6 is 11.6 Å². The first kappa shape index (κ1) is 21.0. The molecule has 0 saturated carbocycles. The number of alkyl halides is 3. The molecule has 0 spiro atoms. The van der Waals surface area contributed by atoms with Crippen LogP contribution in [0.3, 0.4) is 0 Å². The van der Waals surface area contributed by atoms with Crippen LogP contribution in [0.2, 0.25) is 5.02 Å². The Bertz CT molecular complexity index is 1170. The minimum absolute atomic E-state index is 0.104. The van der Waals surface area contributed by atoms with Crippen molar-refractivity contribution in [3.63, 3.8) is 0 Å². The van der Waals surface area contributed by atoms with Crippen molar-refractivity contribution in [2.75, 3.05) is 31.1 Å². The van der Waals surface area contributed by atoms with Gasteiger partial charge in [0.15, 0.2) is 0 Å². The number of nitrogens with zero attached hydrogens (tertiary/aromatic N) is 3. The number of fused-ring (bicyclic) bond motifs is 1. The fourth-order valence-corrected chi connectivity index (χ4v) is 3.88. The summed E-state index contributed by atoms with van der Waals surface area (Å²) in [5, 5.41) is 12.6. The van der Waals surface area contributed by atoms with Crippen molar-refractivity contribution in [1.29, 1.82) is 0 Å². The number of aromatic amines is 1. The molecule has 1 fully saturated rings. The number of nitrogens with one attached hydrogen (secondary N) is 1. The van der Waals surface area contributed by atoms with E-state index in [1.165, 1.54) is 0 Å². The molecule has 1 amide bonds. The average molecular weight is 453 g/mol. The summed E-state index contributed by atoms with van der Waals surface area (Å²) in [6.07, 6.45) is -3.06. The van der Waals surface area contributed by atoms with E-state index in [4.69, 9.17) is 11.6 Å². The maximum Gasteiger partial charge on any atom is 0.416 e. The predicted octanol–water partition coefficient (Wildman–Crippen LogP) is 4.71. The molecular weight excluding hydrogens is 437 g/mol. The lowest BCUT2D eigenvalue weighted by Crippen LogP contribution is -2.49. The molecule has 0 unspecified atom stereocenters. The Hall–Kier alpha value is -3.27. The van der Waals surface area contributed by atoms with Crippen LogP contribution in [0.25, 0.3) is 10.9 Å². The second kappa shape index (κ2) is 7.77. The molecule has 4 rings (SSSR count). The number of carbonyl (C=O) groups is 1. The van der Waals surface area contributed by atoms with Crippen molar-refractivity contribution in [2.24, 2.45) is 0 Å². The molecule has 1 aliphatic heterocycles. The lowest BCUT2D eigenvalue weighted by atomic mass is 10.1. The number of carbonyl (C=O) groups excluding carboxylic acids is 1. The monoisotopic (exact) mass is 452 g/mol.